The van der Waals surface area contributed by atoms with Crippen LogP contribution in [0.25, 0.3) is 0 Å². The highest BCUT2D eigenvalue weighted by Crippen LogP contribution is 2.53. The molecule has 0 N–H and O–H groups in total. The van der Waals surface area contributed by atoms with Gasteiger partial charge < -0.3 is 4.90 Å². The Balaban J connectivity index is 1.74. The summed E-state index contributed by atoms with van der Waals surface area (Å²) in [5.74, 6) is 2.78. The lowest BCUT2D eigenvalue weighted by Crippen LogP contribution is -2.41. The van der Waals surface area contributed by atoms with Gasteiger partial charge in [0.1, 0.15) is 0 Å². The van der Waals surface area contributed by atoms with E-state index in [1.165, 1.54) is 52.9 Å². The number of hydrogen-bond donors (Lipinski definition) is 0. The highest BCUT2D eigenvalue weighted by Gasteiger charge is 2.47. The number of para-hydroxylation sites is 1. The van der Waals surface area contributed by atoms with Crippen molar-refractivity contribution in [3.05, 3.63) is 126 Å². The van der Waals surface area contributed by atoms with Crippen molar-refractivity contribution in [3.63, 3.8) is 0 Å². The minimum absolute atomic E-state index is 0.0160. The molecule has 4 unspecified atom stereocenters. The predicted octanol–water partition coefficient (Wildman–Crippen LogP) is 12.4. The van der Waals surface area contributed by atoms with Crippen LogP contribution in [0.1, 0.15) is 105 Å². The number of rotatable bonds is 5. The molecule has 0 fully saturated rings. The summed E-state index contributed by atoms with van der Waals surface area (Å²) in [6, 6.07) is 7.37. The molecule has 7 atom stereocenters. The highest BCUT2D eigenvalue weighted by molar-refractivity contribution is 5.73. The normalized spacial score (nSPS) is 34.1. The zero-order valence-electron chi connectivity index (χ0n) is 30.1. The number of anilines is 1. The topological polar surface area (TPSA) is 3.24 Å². The van der Waals surface area contributed by atoms with Gasteiger partial charge in [-0.15, -0.1) is 6.58 Å². The number of nitrogens with zero attached hydrogens (tertiary/aromatic N) is 1. The van der Waals surface area contributed by atoms with Crippen molar-refractivity contribution in [2.75, 3.05) is 4.90 Å². The average Bonchev–Trinajstić information content (AvgIpc) is 3.18. The first kappa shape index (κ1) is 34.3. The van der Waals surface area contributed by atoms with Gasteiger partial charge in [0.2, 0.25) is 0 Å². The van der Waals surface area contributed by atoms with Crippen molar-refractivity contribution in [3.8, 4) is 0 Å². The smallest absolute Gasteiger partial charge is 0.0611 e. The van der Waals surface area contributed by atoms with Crippen LogP contribution in [0.5, 0.6) is 0 Å². The lowest BCUT2D eigenvalue weighted by Gasteiger charge is -2.40. The Morgan fingerprint density at radius 1 is 1.11 bits per heavy atom. The summed E-state index contributed by atoms with van der Waals surface area (Å²) >= 11 is 0. The van der Waals surface area contributed by atoms with E-state index in [0.29, 0.717) is 35.5 Å². The lowest BCUT2D eigenvalue weighted by molar-refractivity contribution is 0.219. The maximum Gasteiger partial charge on any atom is 0.0611 e. The van der Waals surface area contributed by atoms with Crippen molar-refractivity contribution in [2.45, 2.75) is 111 Å². The van der Waals surface area contributed by atoms with Gasteiger partial charge in [0.15, 0.2) is 0 Å². The monoisotopic (exact) mass is 615 g/mol. The average molecular weight is 616 g/mol. The van der Waals surface area contributed by atoms with Gasteiger partial charge >= 0.3 is 0 Å². The van der Waals surface area contributed by atoms with Crippen LogP contribution in [0.15, 0.2) is 115 Å². The third kappa shape index (κ3) is 6.54. The van der Waals surface area contributed by atoms with E-state index in [2.05, 4.69) is 139 Å². The molecule has 0 radical (unpaired) electrons. The summed E-state index contributed by atoms with van der Waals surface area (Å²) < 4.78 is 0. The molecule has 246 valence electrons. The molecule has 2 aliphatic heterocycles. The fourth-order valence-corrected chi connectivity index (χ4v) is 9.18. The minimum atomic E-state index is 0.0160. The van der Waals surface area contributed by atoms with Crippen molar-refractivity contribution < 1.29 is 0 Å². The Morgan fingerprint density at radius 2 is 1.91 bits per heavy atom. The molecule has 2 aliphatic carbocycles. The maximum atomic E-state index is 4.85. The number of hydrogen-bond acceptors (Lipinski definition) is 1. The molecule has 0 aromatic heterocycles. The molecular weight excluding hydrogens is 555 g/mol. The Kier molecular flexibility index (Phi) is 11.0. The van der Waals surface area contributed by atoms with E-state index in [4.69, 9.17) is 6.58 Å². The van der Waals surface area contributed by atoms with Gasteiger partial charge in [-0.3, -0.25) is 0 Å². The minimum Gasteiger partial charge on any atom is -0.337 e. The van der Waals surface area contributed by atoms with Crippen LogP contribution in [0.4, 0.5) is 5.69 Å². The summed E-state index contributed by atoms with van der Waals surface area (Å²) in [7, 11) is 0. The Bertz CT molecular complexity index is 1460. The van der Waals surface area contributed by atoms with Gasteiger partial charge in [-0.25, -0.2) is 0 Å². The van der Waals surface area contributed by atoms with Crippen LogP contribution in [0, 0.1) is 35.5 Å². The van der Waals surface area contributed by atoms with E-state index in [-0.39, 0.29) is 11.5 Å². The van der Waals surface area contributed by atoms with Gasteiger partial charge in [-0.2, -0.15) is 0 Å². The van der Waals surface area contributed by atoms with Crippen LogP contribution in [-0.2, 0) is 11.8 Å². The van der Waals surface area contributed by atoms with Crippen LogP contribution in [-0.4, -0.2) is 6.04 Å². The molecule has 4 aliphatic rings. The zero-order chi connectivity index (χ0) is 33.0. The number of allylic oxidation sites excluding steroid dienone is 13. The van der Waals surface area contributed by atoms with Crippen LogP contribution in [0.3, 0.4) is 0 Å². The SMILES string of the molecule is C=CC1N2/C(=C\C)CCC(=C)[C@@H](C)[C@H](C3=CC=CCC=C3)[C@@H](C)C(C3C=CCCC3)/C=C(/C(C)C)Cc3cccc(c32)C1(C)CC. The molecule has 1 aromatic carbocycles. The quantitative estimate of drug-likeness (QED) is 0.298. The van der Waals surface area contributed by atoms with E-state index >= 15 is 0 Å². The second-order valence-corrected chi connectivity index (χ2v) is 15.2. The standard InChI is InChI=1S/C45H61N/c1-10-39-28-27-32(6)33(7)43(36-23-16-13-14-17-24-36)34(8)40(35-21-18-15-19-22-35)30-38(31(4)5)29-37-25-20-26-41-44(37)46(39)42(11-2)45(41,9)12-3/h10-11,13,16-18,20-21,23-26,30-31,33-35,40,42-43H,2,6,12,14-15,19,22,27-29H2,1,3-5,7-9H3/b38-30+,39-10-/t33-,34+,35?,40?,42?,43+,45?/m1/s1. The molecule has 0 amide bonds. The van der Waals surface area contributed by atoms with E-state index in [1.54, 1.807) is 5.57 Å². The summed E-state index contributed by atoms with van der Waals surface area (Å²) in [4.78, 5) is 2.69. The molecule has 0 bridgehead atoms. The third-order valence-electron chi connectivity index (χ3n) is 12.3. The van der Waals surface area contributed by atoms with Gasteiger partial charge in [-0.05, 0) is 110 Å². The summed E-state index contributed by atoms with van der Waals surface area (Å²) in [5, 5.41) is 0. The van der Waals surface area contributed by atoms with Crippen molar-refractivity contribution >= 4 is 5.69 Å². The molecule has 5 rings (SSSR count). The lowest BCUT2D eigenvalue weighted by atomic mass is 9.65. The first-order valence-corrected chi connectivity index (χ1v) is 18.4. The molecule has 0 spiro atoms. The Hall–Kier alpha value is -3.06. The molecule has 0 saturated heterocycles. The zero-order valence-corrected chi connectivity index (χ0v) is 30.1. The van der Waals surface area contributed by atoms with Gasteiger partial charge in [0.25, 0.3) is 0 Å². The number of benzene rings is 1. The highest BCUT2D eigenvalue weighted by atomic mass is 15.2. The van der Waals surface area contributed by atoms with Gasteiger partial charge in [-0.1, -0.05) is 138 Å². The summed E-state index contributed by atoms with van der Waals surface area (Å²) in [6.07, 6.45) is 33.0. The van der Waals surface area contributed by atoms with Crippen LogP contribution >= 0.6 is 0 Å². The van der Waals surface area contributed by atoms with Crippen molar-refractivity contribution in [1.29, 1.82) is 0 Å². The second kappa shape index (κ2) is 14.8. The molecule has 1 nitrogen and oxygen atoms in total. The molecule has 2 heterocycles. The Morgan fingerprint density at radius 3 is 2.59 bits per heavy atom. The fourth-order valence-electron chi connectivity index (χ4n) is 9.18. The van der Waals surface area contributed by atoms with E-state index < -0.39 is 0 Å². The predicted molar refractivity (Wildman–Crippen MR) is 202 cm³/mol. The van der Waals surface area contributed by atoms with Gasteiger partial charge in [0.05, 0.1) is 6.04 Å². The molecular formula is C45H61N. The van der Waals surface area contributed by atoms with E-state index in [9.17, 15) is 0 Å². The maximum absolute atomic E-state index is 4.85. The van der Waals surface area contributed by atoms with Crippen LogP contribution in [0.2, 0.25) is 0 Å². The van der Waals surface area contributed by atoms with Crippen LogP contribution < -0.4 is 4.90 Å². The largest absolute Gasteiger partial charge is 0.337 e. The first-order chi connectivity index (χ1) is 22.2. The second-order valence-electron chi connectivity index (χ2n) is 15.2. The van der Waals surface area contributed by atoms with Crippen molar-refractivity contribution in [1.82, 2.24) is 0 Å². The van der Waals surface area contributed by atoms with Gasteiger partial charge in [0, 0.05) is 16.8 Å². The molecule has 1 heteroatoms. The Labute approximate surface area is 282 Å². The molecule has 1 aromatic rings. The fraction of sp³-hybridized carbons (Fsp3) is 0.511. The third-order valence-corrected chi connectivity index (χ3v) is 12.3. The molecule has 0 saturated carbocycles. The van der Waals surface area contributed by atoms with Crippen molar-refractivity contribution in [2.24, 2.45) is 35.5 Å². The van der Waals surface area contributed by atoms with E-state index in [1.807, 2.05) is 0 Å². The molecule has 46 heavy (non-hydrogen) atoms. The van der Waals surface area contributed by atoms with E-state index in [0.717, 1.165) is 32.1 Å². The summed E-state index contributed by atoms with van der Waals surface area (Å²) in [5.41, 5.74) is 10.2. The summed E-state index contributed by atoms with van der Waals surface area (Å²) in [6.45, 7) is 26.2. The first-order valence-electron chi connectivity index (χ1n) is 18.4.